The van der Waals surface area contributed by atoms with Crippen LogP contribution in [-0.4, -0.2) is 47.0 Å². The topological polar surface area (TPSA) is 71.5 Å². The SMILES string of the molecule is C[C@H]1CN(C(=O)c2csc(NC(=O)c3ccccc3F)n2)C[C@H](C)O1. The number of aromatic nitrogens is 1. The molecule has 0 aliphatic carbocycles. The maximum atomic E-state index is 13.6. The number of carbonyl (C=O) groups is 2. The first-order valence-electron chi connectivity index (χ1n) is 7.90. The van der Waals surface area contributed by atoms with Gasteiger partial charge >= 0.3 is 0 Å². The van der Waals surface area contributed by atoms with Gasteiger partial charge in [0.15, 0.2) is 5.13 Å². The van der Waals surface area contributed by atoms with Crippen LogP contribution in [0.5, 0.6) is 0 Å². The van der Waals surface area contributed by atoms with E-state index >= 15 is 0 Å². The van der Waals surface area contributed by atoms with Gasteiger partial charge in [0.05, 0.1) is 17.8 Å². The Morgan fingerprint density at radius 1 is 1.28 bits per heavy atom. The average molecular weight is 363 g/mol. The summed E-state index contributed by atoms with van der Waals surface area (Å²) >= 11 is 1.13. The van der Waals surface area contributed by atoms with Gasteiger partial charge < -0.3 is 9.64 Å². The lowest BCUT2D eigenvalue weighted by molar-refractivity contribution is -0.0587. The molecule has 132 valence electrons. The Morgan fingerprint density at radius 2 is 1.96 bits per heavy atom. The van der Waals surface area contributed by atoms with E-state index in [1.807, 2.05) is 13.8 Å². The van der Waals surface area contributed by atoms with Crippen molar-refractivity contribution in [3.8, 4) is 0 Å². The molecule has 2 amide bonds. The highest BCUT2D eigenvalue weighted by atomic mass is 32.1. The normalized spacial score (nSPS) is 20.4. The first kappa shape index (κ1) is 17.5. The van der Waals surface area contributed by atoms with Gasteiger partial charge in [-0.1, -0.05) is 12.1 Å². The molecule has 1 saturated heterocycles. The number of anilines is 1. The number of morpholine rings is 1. The van der Waals surface area contributed by atoms with Gasteiger partial charge in [-0.05, 0) is 26.0 Å². The fourth-order valence-electron chi connectivity index (χ4n) is 2.74. The van der Waals surface area contributed by atoms with Gasteiger partial charge in [-0.2, -0.15) is 0 Å². The van der Waals surface area contributed by atoms with Gasteiger partial charge in [0.1, 0.15) is 11.5 Å². The van der Waals surface area contributed by atoms with Crippen LogP contribution in [0.3, 0.4) is 0 Å². The summed E-state index contributed by atoms with van der Waals surface area (Å²) in [4.78, 5) is 30.5. The van der Waals surface area contributed by atoms with Crippen LogP contribution in [0.25, 0.3) is 0 Å². The Kier molecular flexibility index (Phi) is 5.10. The molecular weight excluding hydrogens is 345 g/mol. The maximum Gasteiger partial charge on any atom is 0.273 e. The van der Waals surface area contributed by atoms with E-state index in [1.54, 1.807) is 16.3 Å². The van der Waals surface area contributed by atoms with Gasteiger partial charge in [0, 0.05) is 18.5 Å². The first-order chi connectivity index (χ1) is 11.9. The molecule has 8 heteroatoms. The Morgan fingerprint density at radius 3 is 2.64 bits per heavy atom. The molecule has 1 aliphatic rings. The fraction of sp³-hybridized carbons (Fsp3) is 0.353. The second-order valence-electron chi connectivity index (χ2n) is 5.94. The van der Waals surface area contributed by atoms with E-state index in [0.717, 1.165) is 11.3 Å². The van der Waals surface area contributed by atoms with Crippen molar-refractivity contribution in [2.75, 3.05) is 18.4 Å². The summed E-state index contributed by atoms with van der Waals surface area (Å²) in [5.74, 6) is -1.41. The number of carbonyl (C=O) groups excluding carboxylic acids is 2. The Labute approximate surface area is 148 Å². The largest absolute Gasteiger partial charge is 0.372 e. The molecule has 0 saturated carbocycles. The van der Waals surface area contributed by atoms with Gasteiger partial charge in [-0.25, -0.2) is 9.37 Å². The molecule has 1 fully saturated rings. The summed E-state index contributed by atoms with van der Waals surface area (Å²) < 4.78 is 19.3. The number of amides is 2. The number of nitrogens with one attached hydrogen (secondary N) is 1. The summed E-state index contributed by atoms with van der Waals surface area (Å²) in [6.07, 6.45) is -0.0712. The smallest absolute Gasteiger partial charge is 0.273 e. The molecule has 3 rings (SSSR count). The first-order valence-corrected chi connectivity index (χ1v) is 8.78. The summed E-state index contributed by atoms with van der Waals surface area (Å²) in [6, 6.07) is 5.69. The highest BCUT2D eigenvalue weighted by Gasteiger charge is 2.28. The zero-order valence-electron chi connectivity index (χ0n) is 13.9. The lowest BCUT2D eigenvalue weighted by Gasteiger charge is -2.34. The molecule has 2 aromatic rings. The highest BCUT2D eigenvalue weighted by Crippen LogP contribution is 2.20. The van der Waals surface area contributed by atoms with Crippen LogP contribution >= 0.6 is 11.3 Å². The van der Waals surface area contributed by atoms with Crippen molar-refractivity contribution in [1.82, 2.24) is 9.88 Å². The van der Waals surface area contributed by atoms with Crippen molar-refractivity contribution in [3.05, 3.63) is 46.7 Å². The zero-order chi connectivity index (χ0) is 18.0. The Hall–Kier alpha value is -2.32. The van der Waals surface area contributed by atoms with Crippen LogP contribution in [-0.2, 0) is 4.74 Å². The number of hydrogen-bond donors (Lipinski definition) is 1. The summed E-state index contributed by atoms with van der Waals surface area (Å²) in [7, 11) is 0. The number of benzene rings is 1. The lowest BCUT2D eigenvalue weighted by atomic mass is 10.2. The number of nitrogens with zero attached hydrogens (tertiary/aromatic N) is 2. The predicted octanol–water partition coefficient (Wildman–Crippen LogP) is 2.78. The van der Waals surface area contributed by atoms with E-state index < -0.39 is 11.7 Å². The average Bonchev–Trinajstić information content (AvgIpc) is 3.02. The van der Waals surface area contributed by atoms with Crippen molar-refractivity contribution in [1.29, 1.82) is 0 Å². The van der Waals surface area contributed by atoms with Crippen molar-refractivity contribution in [3.63, 3.8) is 0 Å². The number of thiazole rings is 1. The van der Waals surface area contributed by atoms with E-state index in [-0.39, 0.29) is 34.5 Å². The zero-order valence-corrected chi connectivity index (χ0v) is 14.7. The minimum absolute atomic E-state index is 0.0356. The van der Waals surface area contributed by atoms with E-state index in [1.165, 1.54) is 18.2 Å². The molecule has 0 radical (unpaired) electrons. The highest BCUT2D eigenvalue weighted by molar-refractivity contribution is 7.14. The fourth-order valence-corrected chi connectivity index (χ4v) is 3.42. The van der Waals surface area contributed by atoms with Crippen LogP contribution in [0, 0.1) is 5.82 Å². The number of hydrogen-bond acceptors (Lipinski definition) is 5. The van der Waals surface area contributed by atoms with E-state index in [2.05, 4.69) is 10.3 Å². The van der Waals surface area contributed by atoms with E-state index in [0.29, 0.717) is 13.1 Å². The second-order valence-corrected chi connectivity index (χ2v) is 6.80. The molecule has 0 spiro atoms. The molecule has 1 aromatic heterocycles. The monoisotopic (exact) mass is 363 g/mol. The summed E-state index contributed by atoms with van der Waals surface area (Å²) in [5, 5.41) is 4.37. The van der Waals surface area contributed by atoms with Gasteiger partial charge in [0.25, 0.3) is 11.8 Å². The molecule has 1 aliphatic heterocycles. The van der Waals surface area contributed by atoms with Crippen LogP contribution in [0.2, 0.25) is 0 Å². The van der Waals surface area contributed by atoms with Crippen LogP contribution in [0.1, 0.15) is 34.7 Å². The van der Waals surface area contributed by atoms with Gasteiger partial charge in [-0.3, -0.25) is 14.9 Å². The van der Waals surface area contributed by atoms with Crippen molar-refractivity contribution >= 4 is 28.3 Å². The minimum Gasteiger partial charge on any atom is -0.372 e. The standard InChI is InChI=1S/C17H18FN3O3S/c1-10-7-21(8-11(2)24-10)16(23)14-9-25-17(19-14)20-15(22)12-5-3-4-6-13(12)18/h3-6,9-11H,7-8H2,1-2H3,(H,19,20,22)/t10-,11-/m0/s1. The minimum atomic E-state index is -0.607. The summed E-state index contributed by atoms with van der Waals surface area (Å²) in [6.45, 7) is 4.82. The molecule has 2 heterocycles. The van der Waals surface area contributed by atoms with Gasteiger partial charge in [0.2, 0.25) is 0 Å². The number of halogens is 1. The molecule has 2 atom stereocenters. The Balaban J connectivity index is 1.69. The van der Waals surface area contributed by atoms with Crippen LogP contribution in [0.15, 0.2) is 29.6 Å². The van der Waals surface area contributed by atoms with E-state index in [9.17, 15) is 14.0 Å². The van der Waals surface area contributed by atoms with Crippen LogP contribution in [0.4, 0.5) is 9.52 Å². The molecule has 1 aromatic carbocycles. The quantitative estimate of drug-likeness (QED) is 0.910. The van der Waals surface area contributed by atoms with Gasteiger partial charge in [-0.15, -0.1) is 11.3 Å². The third kappa shape index (κ3) is 4.02. The molecule has 1 N–H and O–H groups in total. The lowest BCUT2D eigenvalue weighted by Crippen LogP contribution is -2.48. The molecular formula is C17H18FN3O3S. The van der Waals surface area contributed by atoms with Crippen molar-refractivity contribution < 1.29 is 18.7 Å². The van der Waals surface area contributed by atoms with Crippen molar-refractivity contribution in [2.45, 2.75) is 26.1 Å². The third-order valence-electron chi connectivity index (χ3n) is 3.77. The van der Waals surface area contributed by atoms with E-state index in [4.69, 9.17) is 4.74 Å². The number of ether oxygens (including phenoxy) is 1. The molecule has 25 heavy (non-hydrogen) atoms. The second kappa shape index (κ2) is 7.28. The number of rotatable bonds is 3. The molecule has 6 nitrogen and oxygen atoms in total. The third-order valence-corrected chi connectivity index (χ3v) is 4.53. The maximum absolute atomic E-state index is 13.6. The molecule has 0 bridgehead atoms. The predicted molar refractivity (Wildman–Crippen MR) is 92.4 cm³/mol. The molecule has 0 unspecified atom stereocenters. The van der Waals surface area contributed by atoms with Crippen LogP contribution < -0.4 is 5.32 Å². The summed E-state index contributed by atoms with van der Waals surface area (Å²) in [5.41, 5.74) is 0.191. The van der Waals surface area contributed by atoms with Crippen molar-refractivity contribution in [2.24, 2.45) is 0 Å². The Bertz CT molecular complexity index is 785.